The molecule has 0 fully saturated rings. The highest BCUT2D eigenvalue weighted by Gasteiger charge is 2.35. The fourth-order valence-electron chi connectivity index (χ4n) is 10.9. The minimum Gasteiger partial charge on any atom is -0.366 e. The third-order valence-corrected chi connectivity index (χ3v) is 25.5. The van der Waals surface area contributed by atoms with Crippen LogP contribution in [0.4, 0.5) is 0 Å². The number of nitrogens with zero attached hydrogens (tertiary/aromatic N) is 5. The van der Waals surface area contributed by atoms with E-state index in [1.165, 1.54) is 22.4 Å². The van der Waals surface area contributed by atoms with Crippen molar-refractivity contribution in [3.8, 4) is 0 Å². The fourth-order valence-corrected chi connectivity index (χ4v) is 19.7. The number of thioether (sulfide) groups is 1. The van der Waals surface area contributed by atoms with Crippen LogP contribution in [0.15, 0.2) is 351 Å². The second kappa shape index (κ2) is 51.1. The number of azide groups is 1. The number of nitrogens with two attached hydrogens (primary N) is 1. The average Bonchev–Trinajstić information content (AvgIpc) is 0.765. The molecule has 0 aromatic heterocycles. The Kier molecular flexibility index (Phi) is 42.9. The van der Waals surface area contributed by atoms with Crippen molar-refractivity contribution in [1.82, 2.24) is 21.3 Å². The van der Waals surface area contributed by atoms with Gasteiger partial charge in [-0.05, 0) is 70.0 Å². The zero-order valence-electron chi connectivity index (χ0n) is 59.1. The number of hydrogen-bond acceptors (Lipinski definition) is 10. The van der Waals surface area contributed by atoms with Gasteiger partial charge in [-0.3, -0.25) is 28.8 Å². The third kappa shape index (κ3) is 28.4. The number of carbonyl (C=O) groups is 6. The molecule has 0 unspecified atom stereocenters. The second-order valence-electron chi connectivity index (χ2n) is 23.2. The van der Waals surface area contributed by atoms with Gasteiger partial charge in [-0.25, -0.2) is 0 Å². The predicted molar refractivity (Wildman–Crippen MR) is 472 cm³/mol. The maximum Gasteiger partial charge on any atom is 0.344 e. The van der Waals surface area contributed by atoms with Crippen molar-refractivity contribution in [2.75, 3.05) is 18.8 Å². The van der Waals surface area contributed by atoms with E-state index in [-0.39, 0.29) is 72.7 Å². The van der Waals surface area contributed by atoms with E-state index in [1.54, 1.807) is 48.5 Å². The molecule has 0 heterocycles. The minimum atomic E-state index is -3.33. The van der Waals surface area contributed by atoms with Crippen LogP contribution in [0.2, 0.25) is 0 Å². The summed E-state index contributed by atoms with van der Waals surface area (Å²) in [7, 11) is -7.24. The van der Waals surface area contributed by atoms with Gasteiger partial charge in [-0.1, -0.05) is 389 Å². The number of rotatable bonds is 24. The van der Waals surface area contributed by atoms with Gasteiger partial charge in [-0.15, -0.1) is 0 Å². The summed E-state index contributed by atoms with van der Waals surface area (Å²) in [6.45, 7) is 2.96. The highest BCUT2D eigenvalue weighted by Crippen LogP contribution is 2.45. The number of nitrogens with one attached hydrogen (secondary N) is 4. The van der Waals surface area contributed by atoms with Crippen LogP contribution in [0, 0.1) is 0 Å². The molecule has 12 rings (SSSR count). The van der Waals surface area contributed by atoms with Crippen molar-refractivity contribution in [3.63, 3.8) is 0 Å². The van der Waals surface area contributed by atoms with E-state index in [1.807, 2.05) is 250 Å². The minimum absolute atomic E-state index is 0. The maximum absolute atomic E-state index is 14.7. The van der Waals surface area contributed by atoms with Crippen molar-refractivity contribution >= 4 is 123 Å². The van der Waals surface area contributed by atoms with Gasteiger partial charge in [0, 0.05) is 61.9 Å². The predicted octanol–water partition coefficient (Wildman–Crippen LogP) is 15.5. The maximum atomic E-state index is 14.7. The monoisotopic (exact) mass is 1580 g/mol. The van der Waals surface area contributed by atoms with Crippen LogP contribution in [-0.2, 0) is 43.1 Å². The molecule has 0 aliphatic heterocycles. The molecule has 0 saturated heterocycles. The average molecular weight is 1590 g/mol. The molecule has 12 aromatic carbocycles. The van der Waals surface area contributed by atoms with E-state index in [2.05, 4.69) is 90.7 Å². The quantitative estimate of drug-likeness (QED) is 0.0126. The van der Waals surface area contributed by atoms with Crippen molar-refractivity contribution in [2.24, 2.45) is 10.8 Å². The molecular formula is C91H99N10O8P3S. The summed E-state index contributed by atoms with van der Waals surface area (Å²) in [6, 6.07) is 108. The summed E-state index contributed by atoms with van der Waals surface area (Å²) < 4.78 is 28.8. The summed E-state index contributed by atoms with van der Waals surface area (Å²) in [5.41, 5.74) is 25.9. The topological polar surface area (TPSA) is 296 Å². The molecule has 18 nitrogen and oxygen atoms in total. The third-order valence-electron chi connectivity index (χ3n) is 16.0. The highest BCUT2D eigenvalue weighted by molar-refractivity contribution is 8.14. The van der Waals surface area contributed by atoms with Crippen molar-refractivity contribution in [1.29, 1.82) is 0 Å². The molecule has 0 aliphatic carbocycles. The molecule has 0 bridgehead atoms. The van der Waals surface area contributed by atoms with E-state index in [9.17, 15) is 37.9 Å². The molecule has 582 valence electrons. The summed E-state index contributed by atoms with van der Waals surface area (Å²) >= 11 is 1.38. The zero-order chi connectivity index (χ0) is 76.6. The first kappa shape index (κ1) is 94.8. The molecular weight excluding hydrogens is 1490 g/mol. The van der Waals surface area contributed by atoms with Crippen molar-refractivity contribution in [3.05, 3.63) is 395 Å². The van der Waals surface area contributed by atoms with E-state index in [4.69, 9.17) is 16.8 Å². The number of primary amides is 1. The van der Waals surface area contributed by atoms with Crippen LogP contribution in [0.5, 0.6) is 0 Å². The van der Waals surface area contributed by atoms with Crippen LogP contribution in [0.1, 0.15) is 91.8 Å². The van der Waals surface area contributed by atoms with Crippen LogP contribution >= 0.6 is 34.0 Å². The molecule has 5 amide bonds. The Bertz CT molecular complexity index is 4950. The van der Waals surface area contributed by atoms with Gasteiger partial charge in [-0.2, -0.15) is 4.79 Å². The van der Waals surface area contributed by atoms with Crippen LogP contribution in [0.25, 0.3) is 16.0 Å². The summed E-state index contributed by atoms with van der Waals surface area (Å²) in [5.74, 6) is -1.21. The molecule has 0 radical (unpaired) electrons. The fraction of sp³-hybridized carbons (Fsp3) is 0.132. The lowest BCUT2D eigenvalue weighted by atomic mass is 10.2. The first-order valence-corrected chi connectivity index (χ1v) is 39.9. The largest absolute Gasteiger partial charge is 0.366 e. The van der Waals surface area contributed by atoms with Gasteiger partial charge in [0.25, 0.3) is 5.91 Å². The Morgan fingerprint density at radius 1 is 0.407 bits per heavy atom. The van der Waals surface area contributed by atoms with Gasteiger partial charge in [0.05, 0.1) is 17.7 Å². The molecule has 113 heavy (non-hydrogen) atoms. The summed E-state index contributed by atoms with van der Waals surface area (Å²) in [6.07, 6.45) is 0.822. The molecule has 0 saturated carbocycles. The number of carbonyl (C=O) groups excluding carboxylic acids is 6. The Labute approximate surface area is 670 Å². The Hall–Kier alpha value is -12.4. The molecule has 0 spiro atoms. The molecule has 12 aromatic rings. The lowest BCUT2D eigenvalue weighted by molar-refractivity contribution is -0.120. The lowest BCUT2D eigenvalue weighted by Gasteiger charge is -2.22. The van der Waals surface area contributed by atoms with Crippen LogP contribution < -0.4 is 74.7 Å². The van der Waals surface area contributed by atoms with E-state index in [0.29, 0.717) is 57.0 Å². The van der Waals surface area contributed by atoms with E-state index in [0.717, 1.165) is 39.5 Å². The van der Waals surface area contributed by atoms with Crippen LogP contribution in [-0.4, -0.2) is 64.5 Å². The van der Waals surface area contributed by atoms with Crippen LogP contribution in [0.3, 0.4) is 0 Å². The van der Waals surface area contributed by atoms with E-state index < -0.39 is 39.9 Å². The Morgan fingerprint density at radius 3 is 1.10 bits per heavy atom. The number of hydrogen-bond donors (Lipinski definition) is 5. The van der Waals surface area contributed by atoms with Crippen molar-refractivity contribution < 1.29 is 42.7 Å². The Balaban J connectivity index is 0.000000377. The molecule has 6 N–H and O–H groups in total. The normalized spacial score (nSPS) is 9.93. The lowest BCUT2D eigenvalue weighted by Crippen LogP contribution is -2.39. The van der Waals surface area contributed by atoms with Gasteiger partial charge in [0.15, 0.2) is 14.3 Å². The molecule has 22 heteroatoms. The summed E-state index contributed by atoms with van der Waals surface area (Å²) in [5, 5.41) is 21.2. The SMILES string of the molecule is C.C.C.C.C.CCSC(=O)c1ccccc1P(c1ccccc1)c1ccccc1.NC(=O)c1ccccc1P(=O)(c1ccccc1)c1ccccc1.O=C(CNC(=O)c1ccccc1P(=O)(c1ccccc1)c1ccccc1)NCc1ccccc1.[N-]=[N+]=CC(=O)NCc1ccccc1.[N-]=[N+]=NCC(=O)NCc1ccccc1. The number of benzene rings is 12. The molecule has 0 aliphatic rings. The smallest absolute Gasteiger partial charge is 0.344 e. The zero-order valence-corrected chi connectivity index (χ0v) is 62.6. The number of amides is 5. The Morgan fingerprint density at radius 2 is 0.726 bits per heavy atom. The summed E-state index contributed by atoms with van der Waals surface area (Å²) in [4.78, 5) is 76.8. The standard InChI is InChI=1S/C28H25N2O3P.C21H19OPS.C19H16NO2P.C9H10N4O.C9H9N3O.5CH4/c31-27(29-20-22-12-4-1-5-13-22)21-30-28(32)25-18-10-11-19-26(25)34(33,23-14-6-2-7-15-23)24-16-8-3-9-17-24;1-2-24-21(22)19-15-9-10-16-20(19)23(17-11-5-3-6-12-17)18-13-7-4-8-14-18;20-19(21)17-13-7-8-14-18(17)23(22,15-9-3-1-4-10-15)16-11-5-2-6-12-16;10-13-12-7-9(14)11-6-8-4-2-1-3-5-8;10-12-7-9(13)11-6-8-4-2-1-3-5-8;;;;;/h1-19H,20-21H2,(H,29,31)(H,30,32);3-16H,2H2,1H3;1-14H,(H2,20,21);1-5H,6-7H2,(H,11,14);1-5,7H,6H2,(H,11,13);5*1H4. The van der Waals surface area contributed by atoms with E-state index >= 15 is 0 Å². The van der Waals surface area contributed by atoms with Gasteiger partial charge in [0.1, 0.15) is 6.54 Å². The first-order chi connectivity index (χ1) is 52.7. The second-order valence-corrected chi connectivity index (χ2v) is 32.1. The van der Waals surface area contributed by atoms with Gasteiger partial charge < -0.3 is 41.7 Å². The highest BCUT2D eigenvalue weighted by atomic mass is 32.2. The van der Waals surface area contributed by atoms with Gasteiger partial charge in [0.2, 0.25) is 22.8 Å². The molecule has 0 atom stereocenters. The van der Waals surface area contributed by atoms with Crippen molar-refractivity contribution in [2.45, 2.75) is 63.7 Å². The first-order valence-electron chi connectivity index (χ1n) is 34.2. The van der Waals surface area contributed by atoms with Gasteiger partial charge >= 0.3 is 12.1 Å².